The predicted molar refractivity (Wildman–Crippen MR) is 122 cm³/mol. The standard InChI is InChI=1S/C24H18ClNO3S/c1-17-6-11-20(12-7-17)26-16-23-22-5-3-2-4-18(22)8-15-24(23)29-30(27,28)21-13-9-19(25)10-14-21/h2-16H,1H3. The lowest BCUT2D eigenvalue weighted by atomic mass is 10.0. The third-order valence-corrected chi connectivity index (χ3v) is 6.11. The average molecular weight is 436 g/mol. The summed E-state index contributed by atoms with van der Waals surface area (Å²) >= 11 is 5.87. The first-order chi connectivity index (χ1) is 14.4. The fourth-order valence-electron chi connectivity index (χ4n) is 3.02. The van der Waals surface area contributed by atoms with E-state index in [0.717, 1.165) is 22.0 Å². The van der Waals surface area contributed by atoms with Gasteiger partial charge in [-0.2, -0.15) is 8.42 Å². The van der Waals surface area contributed by atoms with Crippen molar-refractivity contribution in [2.45, 2.75) is 11.8 Å². The number of benzene rings is 4. The Morgan fingerprint density at radius 2 is 1.57 bits per heavy atom. The smallest absolute Gasteiger partial charge is 0.339 e. The number of nitrogens with zero attached hydrogens (tertiary/aromatic N) is 1. The Morgan fingerprint density at radius 1 is 0.867 bits per heavy atom. The van der Waals surface area contributed by atoms with Gasteiger partial charge in [0.2, 0.25) is 0 Å². The van der Waals surface area contributed by atoms with E-state index in [1.54, 1.807) is 12.3 Å². The molecular formula is C24H18ClNO3S. The number of hydrogen-bond acceptors (Lipinski definition) is 4. The normalized spacial score (nSPS) is 11.8. The van der Waals surface area contributed by atoms with Crippen LogP contribution in [0.25, 0.3) is 10.8 Å². The zero-order valence-electron chi connectivity index (χ0n) is 16.1. The second kappa shape index (κ2) is 8.30. The van der Waals surface area contributed by atoms with E-state index in [4.69, 9.17) is 15.8 Å². The summed E-state index contributed by atoms with van der Waals surface area (Å²) in [5.41, 5.74) is 2.49. The maximum atomic E-state index is 12.8. The van der Waals surface area contributed by atoms with Crippen LogP contribution in [-0.4, -0.2) is 14.6 Å². The lowest BCUT2D eigenvalue weighted by Crippen LogP contribution is -2.11. The van der Waals surface area contributed by atoms with Crippen LogP contribution in [0.3, 0.4) is 0 Å². The molecule has 0 atom stereocenters. The van der Waals surface area contributed by atoms with Gasteiger partial charge in [0.05, 0.1) is 5.69 Å². The fourth-order valence-corrected chi connectivity index (χ4v) is 4.09. The molecule has 0 unspecified atom stereocenters. The monoisotopic (exact) mass is 435 g/mol. The van der Waals surface area contributed by atoms with Gasteiger partial charge >= 0.3 is 10.1 Å². The van der Waals surface area contributed by atoms with Crippen molar-refractivity contribution in [3.05, 3.63) is 101 Å². The van der Waals surface area contributed by atoms with Gasteiger partial charge in [0, 0.05) is 16.8 Å². The molecule has 0 bridgehead atoms. The quantitative estimate of drug-likeness (QED) is 0.272. The molecule has 0 aliphatic rings. The Hall–Kier alpha value is -3.15. The molecule has 0 saturated heterocycles. The summed E-state index contributed by atoms with van der Waals surface area (Å²) < 4.78 is 31.1. The van der Waals surface area contributed by atoms with Gasteiger partial charge in [-0.15, -0.1) is 0 Å². The summed E-state index contributed by atoms with van der Waals surface area (Å²) in [6.07, 6.45) is 1.64. The molecule has 0 aromatic heterocycles. The van der Waals surface area contributed by atoms with Crippen molar-refractivity contribution in [1.82, 2.24) is 0 Å². The third kappa shape index (κ3) is 4.37. The number of aliphatic imine (C=N–C) groups is 1. The van der Waals surface area contributed by atoms with E-state index < -0.39 is 10.1 Å². The van der Waals surface area contributed by atoms with Crippen LogP contribution in [0, 0.1) is 6.92 Å². The second-order valence-electron chi connectivity index (χ2n) is 6.78. The van der Waals surface area contributed by atoms with Crippen molar-refractivity contribution in [3.63, 3.8) is 0 Å². The van der Waals surface area contributed by atoms with Gasteiger partial charge in [-0.25, -0.2) is 0 Å². The van der Waals surface area contributed by atoms with Gasteiger partial charge < -0.3 is 4.18 Å². The molecule has 30 heavy (non-hydrogen) atoms. The number of hydrogen-bond donors (Lipinski definition) is 0. The molecule has 4 aromatic rings. The van der Waals surface area contributed by atoms with Crippen molar-refractivity contribution in [3.8, 4) is 5.75 Å². The molecule has 6 heteroatoms. The Labute approximate surface area is 180 Å². The van der Waals surface area contributed by atoms with Crippen LogP contribution >= 0.6 is 11.6 Å². The van der Waals surface area contributed by atoms with Crippen LogP contribution in [0.4, 0.5) is 5.69 Å². The van der Waals surface area contributed by atoms with Crippen LogP contribution in [0.15, 0.2) is 94.8 Å². The molecule has 0 N–H and O–H groups in total. The Kier molecular flexibility index (Phi) is 5.57. The number of aryl methyl sites for hydroxylation is 1. The van der Waals surface area contributed by atoms with Gasteiger partial charge in [-0.05, 0) is 60.2 Å². The van der Waals surface area contributed by atoms with E-state index >= 15 is 0 Å². The van der Waals surface area contributed by atoms with Gasteiger partial charge in [0.25, 0.3) is 0 Å². The number of halogens is 1. The Bertz CT molecular complexity index is 1330. The van der Waals surface area contributed by atoms with Crippen molar-refractivity contribution >= 4 is 44.4 Å². The fraction of sp³-hybridized carbons (Fsp3) is 0.0417. The van der Waals surface area contributed by atoms with E-state index in [2.05, 4.69) is 4.99 Å². The molecule has 4 rings (SSSR count). The molecule has 0 fully saturated rings. The van der Waals surface area contributed by atoms with E-state index in [0.29, 0.717) is 10.6 Å². The summed E-state index contributed by atoms with van der Waals surface area (Å²) in [4.78, 5) is 4.55. The maximum absolute atomic E-state index is 12.8. The minimum atomic E-state index is -4.03. The summed E-state index contributed by atoms with van der Waals surface area (Å²) in [5, 5.41) is 2.25. The minimum absolute atomic E-state index is 0.0291. The van der Waals surface area contributed by atoms with Crippen molar-refractivity contribution < 1.29 is 12.6 Å². The van der Waals surface area contributed by atoms with E-state index in [-0.39, 0.29) is 10.6 Å². The molecule has 150 valence electrons. The molecule has 0 radical (unpaired) electrons. The van der Waals surface area contributed by atoms with Crippen LogP contribution in [0.2, 0.25) is 5.02 Å². The first-order valence-electron chi connectivity index (χ1n) is 9.25. The van der Waals surface area contributed by atoms with Crippen LogP contribution < -0.4 is 4.18 Å². The minimum Gasteiger partial charge on any atom is -0.378 e. The lowest BCUT2D eigenvalue weighted by molar-refractivity contribution is 0.486. The summed E-state index contributed by atoms with van der Waals surface area (Å²) in [7, 11) is -4.03. The average Bonchev–Trinajstić information content (AvgIpc) is 2.74. The summed E-state index contributed by atoms with van der Waals surface area (Å²) in [6, 6.07) is 24.8. The zero-order valence-corrected chi connectivity index (χ0v) is 17.7. The molecule has 0 aliphatic heterocycles. The van der Waals surface area contributed by atoms with Crippen molar-refractivity contribution in [2.24, 2.45) is 4.99 Å². The summed E-state index contributed by atoms with van der Waals surface area (Å²) in [5.74, 6) is 0.208. The van der Waals surface area contributed by atoms with Crippen LogP contribution in [-0.2, 0) is 10.1 Å². The maximum Gasteiger partial charge on any atom is 0.339 e. The van der Waals surface area contributed by atoms with Gasteiger partial charge in [-0.1, -0.05) is 59.6 Å². The largest absolute Gasteiger partial charge is 0.378 e. The van der Waals surface area contributed by atoms with E-state index in [1.807, 2.05) is 61.5 Å². The van der Waals surface area contributed by atoms with Crippen LogP contribution in [0.1, 0.15) is 11.1 Å². The molecule has 0 aliphatic carbocycles. The topological polar surface area (TPSA) is 55.7 Å². The molecular weight excluding hydrogens is 418 g/mol. The lowest BCUT2D eigenvalue weighted by Gasteiger charge is -2.12. The number of rotatable bonds is 5. The SMILES string of the molecule is Cc1ccc(N=Cc2c(OS(=O)(=O)c3ccc(Cl)cc3)ccc3ccccc23)cc1. The molecule has 4 nitrogen and oxygen atoms in total. The molecule has 0 spiro atoms. The van der Waals surface area contributed by atoms with E-state index in [9.17, 15) is 8.42 Å². The highest BCUT2D eigenvalue weighted by Gasteiger charge is 2.19. The highest BCUT2D eigenvalue weighted by atomic mass is 35.5. The van der Waals surface area contributed by atoms with E-state index in [1.165, 1.54) is 24.3 Å². The number of fused-ring (bicyclic) bond motifs is 1. The highest BCUT2D eigenvalue weighted by Crippen LogP contribution is 2.30. The highest BCUT2D eigenvalue weighted by molar-refractivity contribution is 7.87. The molecule has 0 amide bonds. The van der Waals surface area contributed by atoms with Crippen molar-refractivity contribution in [1.29, 1.82) is 0 Å². The third-order valence-electron chi connectivity index (χ3n) is 4.61. The predicted octanol–water partition coefficient (Wildman–Crippen LogP) is 6.32. The van der Waals surface area contributed by atoms with Gasteiger partial charge in [-0.3, -0.25) is 4.99 Å². The molecule has 0 heterocycles. The van der Waals surface area contributed by atoms with Gasteiger partial charge in [0.1, 0.15) is 4.90 Å². The first kappa shape index (κ1) is 20.1. The Morgan fingerprint density at radius 3 is 2.30 bits per heavy atom. The zero-order chi connectivity index (χ0) is 21.1. The molecule has 4 aromatic carbocycles. The van der Waals surface area contributed by atoms with Gasteiger partial charge in [0.15, 0.2) is 5.75 Å². The molecule has 0 saturated carbocycles. The summed E-state index contributed by atoms with van der Waals surface area (Å²) in [6.45, 7) is 2.01. The second-order valence-corrected chi connectivity index (χ2v) is 8.77. The van der Waals surface area contributed by atoms with Crippen molar-refractivity contribution in [2.75, 3.05) is 0 Å². The first-order valence-corrected chi connectivity index (χ1v) is 11.0. The van der Waals surface area contributed by atoms with Crippen LogP contribution in [0.5, 0.6) is 5.75 Å². The Balaban J connectivity index is 1.78.